The number of ether oxygens (including phenoxy) is 2. The lowest BCUT2D eigenvalue weighted by molar-refractivity contribution is -0.120. The van der Waals surface area contributed by atoms with E-state index in [0.29, 0.717) is 36.0 Å². The fourth-order valence-corrected chi connectivity index (χ4v) is 2.10. The molecule has 0 saturated carbocycles. The summed E-state index contributed by atoms with van der Waals surface area (Å²) >= 11 is 0. The number of amides is 1. The molecular formula is C17H15FN2O4. The minimum absolute atomic E-state index is 0.264. The number of nitrogens with zero attached hydrogens (tertiary/aromatic N) is 1. The van der Waals surface area contributed by atoms with Crippen LogP contribution in [0.2, 0.25) is 0 Å². The molecule has 0 radical (unpaired) electrons. The molecule has 24 heavy (non-hydrogen) atoms. The highest BCUT2D eigenvalue weighted by Gasteiger charge is 2.12. The van der Waals surface area contributed by atoms with Crippen molar-refractivity contribution in [2.75, 3.05) is 25.1 Å². The Morgan fingerprint density at radius 1 is 1.21 bits per heavy atom. The van der Waals surface area contributed by atoms with E-state index in [9.17, 15) is 9.18 Å². The van der Waals surface area contributed by atoms with E-state index in [2.05, 4.69) is 10.5 Å². The molecular weight excluding hydrogens is 315 g/mol. The Bertz CT molecular complexity index is 764. The summed E-state index contributed by atoms with van der Waals surface area (Å²) in [4.78, 5) is 16.7. The average molecular weight is 330 g/mol. The minimum atomic E-state index is -0.372. The van der Waals surface area contributed by atoms with Crippen LogP contribution in [0.25, 0.3) is 0 Å². The second-order valence-corrected chi connectivity index (χ2v) is 4.97. The lowest BCUT2D eigenvalue weighted by atomic mass is 10.2. The third-order valence-electron chi connectivity index (χ3n) is 3.15. The molecule has 0 saturated heterocycles. The number of carbonyl (C=O) groups excluding carboxylic acids is 1. The van der Waals surface area contributed by atoms with Crippen molar-refractivity contribution in [2.24, 2.45) is 5.16 Å². The summed E-state index contributed by atoms with van der Waals surface area (Å²) in [5.41, 5.74) is 1.12. The van der Waals surface area contributed by atoms with E-state index in [-0.39, 0.29) is 18.3 Å². The van der Waals surface area contributed by atoms with Gasteiger partial charge in [-0.25, -0.2) is 4.39 Å². The topological polar surface area (TPSA) is 69.2 Å². The smallest absolute Gasteiger partial charge is 0.265 e. The van der Waals surface area contributed by atoms with Crippen LogP contribution in [0.1, 0.15) is 5.56 Å². The molecule has 1 amide bonds. The van der Waals surface area contributed by atoms with Crippen molar-refractivity contribution in [3.05, 3.63) is 53.8 Å². The van der Waals surface area contributed by atoms with Gasteiger partial charge in [0.05, 0.1) is 6.21 Å². The van der Waals surface area contributed by atoms with E-state index < -0.39 is 0 Å². The quantitative estimate of drug-likeness (QED) is 0.676. The number of hydrogen-bond donors (Lipinski definition) is 1. The summed E-state index contributed by atoms with van der Waals surface area (Å²) in [7, 11) is 0. The third kappa shape index (κ3) is 4.22. The average Bonchev–Trinajstić information content (AvgIpc) is 2.59. The van der Waals surface area contributed by atoms with Crippen LogP contribution in [0.5, 0.6) is 11.5 Å². The third-order valence-corrected chi connectivity index (χ3v) is 3.15. The number of carbonyl (C=O) groups is 1. The summed E-state index contributed by atoms with van der Waals surface area (Å²) in [5.74, 6) is 0.498. The van der Waals surface area contributed by atoms with Gasteiger partial charge in [-0.1, -0.05) is 17.3 Å². The molecule has 3 rings (SSSR count). The van der Waals surface area contributed by atoms with E-state index in [0.717, 1.165) is 0 Å². The van der Waals surface area contributed by atoms with Crippen molar-refractivity contribution in [2.45, 2.75) is 0 Å². The summed E-state index contributed by atoms with van der Waals surface area (Å²) in [6.07, 6.45) is 1.33. The lowest BCUT2D eigenvalue weighted by Gasteiger charge is -2.18. The van der Waals surface area contributed by atoms with Crippen molar-refractivity contribution in [3.8, 4) is 11.5 Å². The maximum Gasteiger partial charge on any atom is 0.265 e. The second-order valence-electron chi connectivity index (χ2n) is 4.97. The zero-order valence-corrected chi connectivity index (χ0v) is 12.7. The van der Waals surface area contributed by atoms with Gasteiger partial charge in [0.2, 0.25) is 0 Å². The number of nitrogens with one attached hydrogen (secondary N) is 1. The molecule has 7 heteroatoms. The van der Waals surface area contributed by atoms with Gasteiger partial charge >= 0.3 is 0 Å². The van der Waals surface area contributed by atoms with Crippen molar-refractivity contribution in [3.63, 3.8) is 0 Å². The normalized spacial score (nSPS) is 12.9. The number of halogens is 1. The van der Waals surface area contributed by atoms with Crippen LogP contribution in [-0.4, -0.2) is 31.9 Å². The molecule has 124 valence electrons. The Balaban J connectivity index is 1.49. The molecule has 2 aromatic carbocycles. The summed E-state index contributed by atoms with van der Waals surface area (Å²) in [5, 5.41) is 6.30. The van der Waals surface area contributed by atoms with Gasteiger partial charge in [-0.2, -0.15) is 0 Å². The standard InChI is InChI=1S/C17H15FN2O4/c18-13-3-1-2-12(8-13)10-19-24-11-17(21)20-14-4-5-15-16(9-14)23-7-6-22-15/h1-5,8-10H,6-7,11H2,(H,20,21)/b19-10-. The molecule has 0 aromatic heterocycles. The Hall–Kier alpha value is -3.09. The predicted molar refractivity (Wildman–Crippen MR) is 86.0 cm³/mol. The first-order valence-corrected chi connectivity index (χ1v) is 7.31. The van der Waals surface area contributed by atoms with Gasteiger partial charge in [0.1, 0.15) is 19.0 Å². The van der Waals surface area contributed by atoms with Crippen LogP contribution < -0.4 is 14.8 Å². The molecule has 0 bridgehead atoms. The largest absolute Gasteiger partial charge is 0.486 e. The van der Waals surface area contributed by atoms with Crippen molar-refractivity contribution in [1.82, 2.24) is 0 Å². The highest BCUT2D eigenvalue weighted by molar-refractivity contribution is 5.92. The fraction of sp³-hybridized carbons (Fsp3) is 0.176. The maximum absolute atomic E-state index is 13.0. The Morgan fingerprint density at radius 3 is 2.88 bits per heavy atom. The first-order valence-electron chi connectivity index (χ1n) is 7.31. The van der Waals surface area contributed by atoms with Gasteiger partial charge < -0.3 is 19.6 Å². The van der Waals surface area contributed by atoms with Gasteiger partial charge in [0.25, 0.3) is 5.91 Å². The van der Waals surface area contributed by atoms with Crippen molar-refractivity contribution < 1.29 is 23.5 Å². The van der Waals surface area contributed by atoms with E-state index in [1.807, 2.05) is 0 Å². The zero-order valence-electron chi connectivity index (χ0n) is 12.7. The monoisotopic (exact) mass is 330 g/mol. The van der Waals surface area contributed by atoms with Crippen LogP contribution in [0, 0.1) is 5.82 Å². The van der Waals surface area contributed by atoms with Crippen molar-refractivity contribution >= 4 is 17.8 Å². The number of anilines is 1. The first kappa shape index (κ1) is 15.8. The SMILES string of the molecule is O=C(CO/N=C\c1cccc(F)c1)Nc1ccc2c(c1)OCCO2. The summed E-state index contributed by atoms with van der Waals surface area (Å²) < 4.78 is 23.8. The van der Waals surface area contributed by atoms with E-state index in [1.165, 1.54) is 18.3 Å². The van der Waals surface area contributed by atoms with Crippen LogP contribution >= 0.6 is 0 Å². The minimum Gasteiger partial charge on any atom is -0.486 e. The summed E-state index contributed by atoms with van der Waals surface area (Å²) in [6.45, 7) is 0.721. The molecule has 6 nitrogen and oxygen atoms in total. The van der Waals surface area contributed by atoms with E-state index >= 15 is 0 Å². The number of fused-ring (bicyclic) bond motifs is 1. The highest BCUT2D eigenvalue weighted by Crippen LogP contribution is 2.32. The lowest BCUT2D eigenvalue weighted by Crippen LogP contribution is -2.18. The first-order chi connectivity index (χ1) is 11.7. The van der Waals surface area contributed by atoms with Gasteiger partial charge in [-0.3, -0.25) is 4.79 Å². The Labute approximate surface area is 137 Å². The van der Waals surface area contributed by atoms with Gasteiger partial charge in [-0.05, 0) is 29.8 Å². The Kier molecular flexibility index (Phi) is 4.90. The number of rotatable bonds is 5. The van der Waals surface area contributed by atoms with Gasteiger partial charge in [0.15, 0.2) is 18.1 Å². The number of benzene rings is 2. The van der Waals surface area contributed by atoms with Crippen LogP contribution in [0.4, 0.5) is 10.1 Å². The van der Waals surface area contributed by atoms with Crippen LogP contribution in [0.3, 0.4) is 0 Å². The number of hydrogen-bond acceptors (Lipinski definition) is 5. The van der Waals surface area contributed by atoms with Crippen molar-refractivity contribution in [1.29, 1.82) is 0 Å². The van der Waals surface area contributed by atoms with Gasteiger partial charge in [0, 0.05) is 11.8 Å². The molecule has 2 aromatic rings. The maximum atomic E-state index is 13.0. The van der Waals surface area contributed by atoms with Gasteiger partial charge in [-0.15, -0.1) is 0 Å². The molecule has 0 spiro atoms. The number of oxime groups is 1. The molecule has 1 N–H and O–H groups in total. The zero-order chi connectivity index (χ0) is 16.8. The van der Waals surface area contributed by atoms with Crippen LogP contribution in [0.15, 0.2) is 47.6 Å². The highest BCUT2D eigenvalue weighted by atomic mass is 19.1. The molecule has 0 atom stereocenters. The fourth-order valence-electron chi connectivity index (χ4n) is 2.10. The molecule has 0 fully saturated rings. The van der Waals surface area contributed by atoms with Crippen LogP contribution in [-0.2, 0) is 9.63 Å². The van der Waals surface area contributed by atoms with E-state index in [1.54, 1.807) is 30.3 Å². The second kappa shape index (κ2) is 7.45. The Morgan fingerprint density at radius 2 is 2.04 bits per heavy atom. The predicted octanol–water partition coefficient (Wildman–Crippen LogP) is 2.59. The molecule has 0 aliphatic carbocycles. The molecule has 1 aliphatic rings. The summed E-state index contributed by atoms with van der Waals surface area (Å²) in [6, 6.07) is 11.0. The molecule has 1 aliphatic heterocycles. The van der Waals surface area contributed by atoms with E-state index in [4.69, 9.17) is 14.3 Å². The molecule has 0 unspecified atom stereocenters. The molecule has 1 heterocycles.